The van der Waals surface area contributed by atoms with Crippen molar-refractivity contribution in [3.8, 4) is 5.75 Å². The highest BCUT2D eigenvalue weighted by molar-refractivity contribution is 6.17. The van der Waals surface area contributed by atoms with Crippen LogP contribution in [0.1, 0.15) is 21.5 Å². The van der Waals surface area contributed by atoms with E-state index in [2.05, 4.69) is 4.74 Å². The van der Waals surface area contributed by atoms with Gasteiger partial charge in [0.1, 0.15) is 5.75 Å². The molecule has 0 aliphatic carbocycles. The topological polar surface area (TPSA) is 46.5 Å². The minimum absolute atomic E-state index is 0.0279. The minimum Gasteiger partial charge on any atom is -0.478 e. The van der Waals surface area contributed by atoms with E-state index in [9.17, 15) is 13.6 Å². The van der Waals surface area contributed by atoms with Crippen LogP contribution in [0.25, 0.3) is 0 Å². The van der Waals surface area contributed by atoms with Gasteiger partial charge in [0.05, 0.1) is 5.56 Å². The van der Waals surface area contributed by atoms with Gasteiger partial charge in [0.25, 0.3) is 0 Å². The molecule has 0 spiro atoms. The van der Waals surface area contributed by atoms with Gasteiger partial charge in [-0.1, -0.05) is 0 Å². The normalized spacial score (nSPS) is 10.6. The Morgan fingerprint density at radius 2 is 2.19 bits per heavy atom. The molecule has 3 nitrogen and oxygen atoms in total. The van der Waals surface area contributed by atoms with E-state index in [1.54, 1.807) is 0 Å². The molecule has 0 bridgehead atoms. The fraction of sp³-hybridized carbons (Fsp3) is 0.300. The van der Waals surface area contributed by atoms with E-state index in [-0.39, 0.29) is 22.8 Å². The van der Waals surface area contributed by atoms with Crippen LogP contribution in [-0.4, -0.2) is 17.7 Å². The molecule has 0 amide bonds. The summed E-state index contributed by atoms with van der Waals surface area (Å²) in [6, 6.07) is 2.64. The van der Waals surface area contributed by atoms with Crippen LogP contribution in [0.15, 0.2) is 12.1 Å². The molecule has 0 aliphatic rings. The number of benzene rings is 1. The van der Waals surface area contributed by atoms with Crippen molar-refractivity contribution in [3.05, 3.63) is 28.8 Å². The standard InChI is InChI=1S/C10H9ClF2O3/c1-5-7(9(14)15)2-6(4-11)3-8(5)16-10(12)13/h2-3,10H,4H2,1H3,(H,14,15). The Balaban J connectivity index is 3.25. The van der Waals surface area contributed by atoms with Gasteiger partial charge in [0.15, 0.2) is 0 Å². The van der Waals surface area contributed by atoms with E-state index in [1.807, 2.05) is 0 Å². The van der Waals surface area contributed by atoms with Crippen molar-refractivity contribution in [2.24, 2.45) is 0 Å². The number of carboxylic acid groups (broad SMARTS) is 1. The second-order valence-electron chi connectivity index (χ2n) is 3.08. The minimum atomic E-state index is -2.99. The van der Waals surface area contributed by atoms with Gasteiger partial charge in [-0.2, -0.15) is 8.78 Å². The fourth-order valence-electron chi connectivity index (χ4n) is 1.26. The second kappa shape index (κ2) is 5.12. The molecule has 16 heavy (non-hydrogen) atoms. The monoisotopic (exact) mass is 250 g/mol. The number of hydrogen-bond acceptors (Lipinski definition) is 2. The summed E-state index contributed by atoms with van der Waals surface area (Å²) >= 11 is 5.53. The van der Waals surface area contributed by atoms with E-state index >= 15 is 0 Å². The summed E-state index contributed by atoms with van der Waals surface area (Å²) in [5.74, 6) is -1.34. The first-order valence-corrected chi connectivity index (χ1v) is 4.86. The Bertz CT molecular complexity index is 407. The number of carbonyl (C=O) groups is 1. The van der Waals surface area contributed by atoms with Crippen molar-refractivity contribution < 1.29 is 23.4 Å². The van der Waals surface area contributed by atoms with Crippen LogP contribution < -0.4 is 4.74 Å². The molecule has 0 fully saturated rings. The van der Waals surface area contributed by atoms with Crippen molar-refractivity contribution in [1.29, 1.82) is 0 Å². The van der Waals surface area contributed by atoms with Crippen molar-refractivity contribution >= 4 is 17.6 Å². The summed E-state index contributed by atoms with van der Waals surface area (Å²) in [6.45, 7) is -1.59. The molecule has 0 aromatic heterocycles. The summed E-state index contributed by atoms with van der Waals surface area (Å²) in [7, 11) is 0. The predicted octanol–water partition coefficient (Wildman–Crippen LogP) is 3.03. The highest BCUT2D eigenvalue weighted by atomic mass is 35.5. The van der Waals surface area contributed by atoms with Crippen molar-refractivity contribution in [1.82, 2.24) is 0 Å². The zero-order valence-corrected chi connectivity index (χ0v) is 9.09. The van der Waals surface area contributed by atoms with Gasteiger partial charge >= 0.3 is 12.6 Å². The van der Waals surface area contributed by atoms with E-state index in [0.717, 1.165) is 0 Å². The van der Waals surface area contributed by atoms with E-state index in [4.69, 9.17) is 16.7 Å². The lowest BCUT2D eigenvalue weighted by Crippen LogP contribution is -2.08. The molecular formula is C10H9ClF2O3. The molecule has 1 N–H and O–H groups in total. The molecule has 0 saturated carbocycles. The first-order valence-electron chi connectivity index (χ1n) is 4.33. The number of halogens is 3. The van der Waals surface area contributed by atoms with Crippen LogP contribution in [0.5, 0.6) is 5.75 Å². The van der Waals surface area contributed by atoms with E-state index < -0.39 is 12.6 Å². The smallest absolute Gasteiger partial charge is 0.387 e. The van der Waals surface area contributed by atoms with Gasteiger partial charge in [0.2, 0.25) is 0 Å². The molecule has 0 saturated heterocycles. The van der Waals surface area contributed by atoms with E-state index in [1.165, 1.54) is 19.1 Å². The van der Waals surface area contributed by atoms with Gasteiger partial charge in [0, 0.05) is 11.4 Å². The summed E-state index contributed by atoms with van der Waals surface area (Å²) in [6.07, 6.45) is 0. The first-order chi connectivity index (χ1) is 7.45. The molecule has 6 heteroatoms. The van der Waals surface area contributed by atoms with Crippen LogP contribution in [0.3, 0.4) is 0 Å². The lowest BCUT2D eigenvalue weighted by molar-refractivity contribution is -0.0504. The number of alkyl halides is 3. The van der Waals surface area contributed by atoms with Gasteiger partial charge in [-0.15, -0.1) is 11.6 Å². The maximum absolute atomic E-state index is 12.1. The van der Waals surface area contributed by atoms with Gasteiger partial charge < -0.3 is 9.84 Å². The molecule has 0 heterocycles. The van der Waals surface area contributed by atoms with Crippen molar-refractivity contribution in [3.63, 3.8) is 0 Å². The van der Waals surface area contributed by atoms with Gasteiger partial charge in [-0.3, -0.25) is 0 Å². The molecular weight excluding hydrogens is 242 g/mol. The number of hydrogen-bond donors (Lipinski definition) is 1. The predicted molar refractivity (Wildman–Crippen MR) is 54.3 cm³/mol. The van der Waals surface area contributed by atoms with Crippen LogP contribution in [-0.2, 0) is 5.88 Å². The average Bonchev–Trinajstić information content (AvgIpc) is 2.19. The highest BCUT2D eigenvalue weighted by Gasteiger charge is 2.16. The lowest BCUT2D eigenvalue weighted by Gasteiger charge is -2.11. The summed E-state index contributed by atoms with van der Waals surface area (Å²) in [4.78, 5) is 10.8. The summed E-state index contributed by atoms with van der Waals surface area (Å²) in [5.41, 5.74) is 0.482. The Morgan fingerprint density at radius 1 is 1.56 bits per heavy atom. The zero-order valence-electron chi connectivity index (χ0n) is 8.34. The highest BCUT2D eigenvalue weighted by Crippen LogP contribution is 2.26. The van der Waals surface area contributed by atoms with Crippen molar-refractivity contribution in [2.45, 2.75) is 19.4 Å². The van der Waals surface area contributed by atoms with Crippen LogP contribution in [0.2, 0.25) is 0 Å². The number of aromatic carboxylic acids is 1. The largest absolute Gasteiger partial charge is 0.478 e. The quantitative estimate of drug-likeness (QED) is 0.836. The summed E-state index contributed by atoms with van der Waals surface area (Å²) in [5, 5.41) is 8.86. The Kier molecular flexibility index (Phi) is 4.06. The Hall–Kier alpha value is -1.36. The maximum atomic E-state index is 12.1. The van der Waals surface area contributed by atoms with Crippen LogP contribution in [0, 0.1) is 6.92 Å². The Labute approximate surface area is 95.6 Å². The Morgan fingerprint density at radius 3 is 2.62 bits per heavy atom. The third-order valence-electron chi connectivity index (χ3n) is 2.02. The molecule has 1 rings (SSSR count). The molecule has 0 aliphatic heterocycles. The molecule has 0 unspecified atom stereocenters. The first kappa shape index (κ1) is 12.7. The maximum Gasteiger partial charge on any atom is 0.387 e. The number of carboxylic acids is 1. The van der Waals surface area contributed by atoms with E-state index in [0.29, 0.717) is 5.56 Å². The number of rotatable bonds is 4. The number of ether oxygens (including phenoxy) is 1. The van der Waals surface area contributed by atoms with Crippen LogP contribution in [0.4, 0.5) is 8.78 Å². The third kappa shape index (κ3) is 2.82. The molecule has 1 aromatic carbocycles. The third-order valence-corrected chi connectivity index (χ3v) is 2.33. The SMILES string of the molecule is Cc1c(OC(F)F)cc(CCl)cc1C(=O)O. The molecule has 0 atom stereocenters. The molecule has 1 aromatic rings. The van der Waals surface area contributed by atoms with Crippen molar-refractivity contribution in [2.75, 3.05) is 0 Å². The zero-order chi connectivity index (χ0) is 12.3. The second-order valence-corrected chi connectivity index (χ2v) is 3.35. The van der Waals surface area contributed by atoms with Crippen LogP contribution >= 0.6 is 11.6 Å². The molecule has 0 radical (unpaired) electrons. The van der Waals surface area contributed by atoms with Gasteiger partial charge in [-0.05, 0) is 24.6 Å². The average molecular weight is 251 g/mol. The van der Waals surface area contributed by atoms with Gasteiger partial charge in [-0.25, -0.2) is 4.79 Å². The lowest BCUT2D eigenvalue weighted by atomic mass is 10.0. The fourth-order valence-corrected chi connectivity index (χ4v) is 1.42. The molecule has 88 valence electrons. The summed E-state index contributed by atoms with van der Waals surface area (Å²) < 4.78 is 28.4.